The molecule has 1 aliphatic rings. The van der Waals surface area contributed by atoms with Crippen LogP contribution in [0.4, 0.5) is 13.2 Å². The van der Waals surface area contributed by atoms with Crippen LogP contribution in [0.5, 0.6) is 0 Å². The molecule has 0 saturated heterocycles. The number of halogens is 3. The van der Waals surface area contributed by atoms with Gasteiger partial charge in [-0.25, -0.2) is 4.79 Å². The first-order valence-corrected chi connectivity index (χ1v) is 7.96. The van der Waals surface area contributed by atoms with Crippen molar-refractivity contribution >= 4 is 11.9 Å². The van der Waals surface area contributed by atoms with Crippen LogP contribution in [-0.4, -0.2) is 28.3 Å². The van der Waals surface area contributed by atoms with Gasteiger partial charge in [0.05, 0.1) is 6.61 Å². The van der Waals surface area contributed by atoms with Crippen LogP contribution in [0.3, 0.4) is 0 Å². The summed E-state index contributed by atoms with van der Waals surface area (Å²) in [6, 6.07) is 0.0557. The van der Waals surface area contributed by atoms with Crippen molar-refractivity contribution in [3.05, 3.63) is 29.2 Å². The molecule has 1 aromatic rings. The van der Waals surface area contributed by atoms with E-state index >= 15 is 0 Å². The third-order valence-corrected chi connectivity index (χ3v) is 3.74. The fourth-order valence-electron chi connectivity index (χ4n) is 2.35. The minimum Gasteiger partial charge on any atom is -0.463 e. The summed E-state index contributed by atoms with van der Waals surface area (Å²) in [5.74, 6) is -1.17. The molecular weight excluding hydrogens is 339 g/mol. The fraction of sp³-hybridized carbons (Fsp3) is 0.562. The van der Waals surface area contributed by atoms with E-state index in [2.05, 4.69) is 10.4 Å². The summed E-state index contributed by atoms with van der Waals surface area (Å²) in [6.07, 6.45) is -1.90. The number of ether oxygens (including phenoxy) is 1. The molecule has 2 rings (SSSR count). The monoisotopic (exact) mass is 359 g/mol. The minimum atomic E-state index is -4.56. The molecule has 1 N–H and O–H groups in total. The largest absolute Gasteiger partial charge is 0.463 e. The maximum Gasteiger partial charge on any atom is 0.435 e. The molecule has 0 aromatic carbocycles. The van der Waals surface area contributed by atoms with Gasteiger partial charge in [0.25, 0.3) is 0 Å². The van der Waals surface area contributed by atoms with Crippen molar-refractivity contribution in [2.45, 2.75) is 51.7 Å². The Labute approximate surface area is 143 Å². The molecule has 0 spiro atoms. The zero-order valence-corrected chi connectivity index (χ0v) is 14.2. The third-order valence-electron chi connectivity index (χ3n) is 3.74. The van der Waals surface area contributed by atoms with E-state index in [0.717, 1.165) is 29.7 Å². The number of nitrogens with one attached hydrogen (secondary N) is 1. The van der Waals surface area contributed by atoms with E-state index in [1.807, 2.05) is 0 Å². The van der Waals surface area contributed by atoms with E-state index in [-0.39, 0.29) is 18.2 Å². The lowest BCUT2D eigenvalue weighted by Gasteiger charge is -2.16. The quantitative estimate of drug-likeness (QED) is 0.626. The molecule has 1 atom stereocenters. The van der Waals surface area contributed by atoms with Gasteiger partial charge in [-0.15, -0.1) is 0 Å². The molecule has 1 amide bonds. The van der Waals surface area contributed by atoms with Crippen molar-refractivity contribution in [2.75, 3.05) is 6.61 Å². The van der Waals surface area contributed by atoms with E-state index in [4.69, 9.17) is 4.74 Å². The van der Waals surface area contributed by atoms with Gasteiger partial charge in [0.15, 0.2) is 5.69 Å². The molecule has 1 heterocycles. The van der Waals surface area contributed by atoms with Crippen LogP contribution in [0, 0.1) is 0 Å². The van der Waals surface area contributed by atoms with Crippen molar-refractivity contribution in [3.63, 3.8) is 0 Å². The molecule has 0 aliphatic heterocycles. The van der Waals surface area contributed by atoms with Crippen molar-refractivity contribution in [1.82, 2.24) is 15.1 Å². The third kappa shape index (κ3) is 4.83. The zero-order valence-electron chi connectivity index (χ0n) is 14.2. The molecule has 1 aliphatic carbocycles. The van der Waals surface area contributed by atoms with Crippen molar-refractivity contribution in [1.29, 1.82) is 0 Å². The molecule has 1 saturated carbocycles. The summed E-state index contributed by atoms with van der Waals surface area (Å²) in [7, 11) is 0. The van der Waals surface area contributed by atoms with Crippen LogP contribution in [0.1, 0.15) is 57.0 Å². The first-order chi connectivity index (χ1) is 11.6. The number of alkyl halides is 3. The van der Waals surface area contributed by atoms with Gasteiger partial charge >= 0.3 is 12.1 Å². The average molecular weight is 359 g/mol. The molecule has 6 nitrogen and oxygen atoms in total. The van der Waals surface area contributed by atoms with Crippen LogP contribution < -0.4 is 5.32 Å². The Hall–Kier alpha value is -2.32. The molecule has 1 unspecified atom stereocenters. The predicted octanol–water partition coefficient (Wildman–Crippen LogP) is 2.92. The van der Waals surface area contributed by atoms with E-state index in [1.165, 1.54) is 13.8 Å². The molecular formula is C16H20F3N3O3. The zero-order chi connectivity index (χ0) is 18.8. The number of aromatic nitrogens is 2. The van der Waals surface area contributed by atoms with Crippen LogP contribution in [0.25, 0.3) is 0 Å². The summed E-state index contributed by atoms with van der Waals surface area (Å²) < 4.78 is 44.6. The fourth-order valence-corrected chi connectivity index (χ4v) is 2.35. The molecule has 25 heavy (non-hydrogen) atoms. The van der Waals surface area contributed by atoms with Gasteiger partial charge in [-0.1, -0.05) is 0 Å². The van der Waals surface area contributed by atoms with Gasteiger partial charge in [0.1, 0.15) is 6.04 Å². The molecule has 1 aromatic heterocycles. The number of hydrogen-bond acceptors (Lipinski definition) is 4. The summed E-state index contributed by atoms with van der Waals surface area (Å²) >= 11 is 0. The van der Waals surface area contributed by atoms with Crippen LogP contribution in [0.15, 0.2) is 17.8 Å². The second-order valence-electron chi connectivity index (χ2n) is 5.92. The van der Waals surface area contributed by atoms with Gasteiger partial charge in [-0.2, -0.15) is 18.3 Å². The number of carbonyl (C=O) groups is 2. The highest BCUT2D eigenvalue weighted by Crippen LogP contribution is 2.42. The Morgan fingerprint density at radius 1 is 1.48 bits per heavy atom. The second-order valence-corrected chi connectivity index (χ2v) is 5.92. The lowest BCUT2D eigenvalue weighted by Crippen LogP contribution is -2.31. The molecule has 138 valence electrons. The number of allylic oxidation sites excluding steroid dienone is 1. The van der Waals surface area contributed by atoms with Crippen LogP contribution >= 0.6 is 0 Å². The number of amides is 1. The number of nitrogens with zero attached hydrogens (tertiary/aromatic N) is 2. The Balaban J connectivity index is 2.16. The Kier molecular flexibility index (Phi) is 5.54. The number of esters is 1. The number of carbonyl (C=O) groups excluding carboxylic acids is 2. The predicted molar refractivity (Wildman–Crippen MR) is 82.4 cm³/mol. The highest BCUT2D eigenvalue weighted by atomic mass is 19.4. The average Bonchev–Trinajstić information content (AvgIpc) is 3.23. The smallest absolute Gasteiger partial charge is 0.435 e. The van der Waals surface area contributed by atoms with Crippen molar-refractivity contribution < 1.29 is 27.5 Å². The van der Waals surface area contributed by atoms with Gasteiger partial charge in [0, 0.05) is 23.4 Å². The van der Waals surface area contributed by atoms with E-state index in [0.29, 0.717) is 5.69 Å². The Morgan fingerprint density at radius 2 is 2.12 bits per heavy atom. The normalized spacial score (nSPS) is 16.5. The topological polar surface area (TPSA) is 73.2 Å². The van der Waals surface area contributed by atoms with Gasteiger partial charge in [-0.05, 0) is 39.7 Å². The van der Waals surface area contributed by atoms with Crippen molar-refractivity contribution in [2.24, 2.45) is 0 Å². The Morgan fingerprint density at radius 3 is 2.64 bits per heavy atom. The number of hydrogen-bond donors (Lipinski definition) is 1. The summed E-state index contributed by atoms with van der Waals surface area (Å²) in [6.45, 7) is 4.81. The van der Waals surface area contributed by atoms with Gasteiger partial charge in [-0.3, -0.25) is 9.48 Å². The van der Waals surface area contributed by atoms with Crippen molar-refractivity contribution in [3.8, 4) is 0 Å². The van der Waals surface area contributed by atoms with E-state index in [9.17, 15) is 22.8 Å². The Bertz CT molecular complexity index is 691. The first kappa shape index (κ1) is 19.0. The summed E-state index contributed by atoms with van der Waals surface area (Å²) in [5, 5.41) is 6.06. The number of rotatable bonds is 6. The molecule has 9 heteroatoms. The molecule has 1 fully saturated rings. The van der Waals surface area contributed by atoms with Gasteiger partial charge in [0.2, 0.25) is 5.91 Å². The highest BCUT2D eigenvalue weighted by Gasteiger charge is 2.39. The van der Waals surface area contributed by atoms with Crippen LogP contribution in [-0.2, 0) is 20.5 Å². The summed E-state index contributed by atoms with van der Waals surface area (Å²) in [4.78, 5) is 23.6. The molecule has 0 bridgehead atoms. The lowest BCUT2D eigenvalue weighted by molar-refractivity contribution is -0.142. The second kappa shape index (κ2) is 7.28. The standard InChI is InChI=1S/C16H20F3N3O3/c1-4-25-14(23)7-9(2)20-15(24)10(3)22-12(11-5-6-11)8-13(21-22)16(17,18)19/h7-8,10-11H,4-6H2,1-3H3,(H,20,24)/b9-7+. The van der Waals surface area contributed by atoms with E-state index in [1.54, 1.807) is 6.92 Å². The maximum absolute atomic E-state index is 12.9. The highest BCUT2D eigenvalue weighted by molar-refractivity contribution is 5.86. The SMILES string of the molecule is CCOC(=O)/C=C(\C)NC(=O)C(C)n1nc(C(F)(F)F)cc1C1CC1. The lowest BCUT2D eigenvalue weighted by atomic mass is 10.2. The first-order valence-electron chi connectivity index (χ1n) is 7.96. The van der Waals surface area contributed by atoms with Gasteiger partial charge < -0.3 is 10.1 Å². The minimum absolute atomic E-state index is 0.00461. The summed E-state index contributed by atoms with van der Waals surface area (Å²) in [5.41, 5.74) is -0.360. The van der Waals surface area contributed by atoms with E-state index < -0.39 is 29.8 Å². The van der Waals surface area contributed by atoms with Crippen LogP contribution in [0.2, 0.25) is 0 Å². The molecule has 0 radical (unpaired) electrons. The maximum atomic E-state index is 12.9.